The van der Waals surface area contributed by atoms with Gasteiger partial charge in [0.1, 0.15) is 31.0 Å². The molecule has 1 saturated heterocycles. The van der Waals surface area contributed by atoms with Crippen molar-refractivity contribution in [3.63, 3.8) is 0 Å². The fourth-order valence-corrected chi connectivity index (χ4v) is 6.39. The molecule has 1 heterocycles. The molecule has 1 N–H and O–H groups in total. The molecular formula is C22H28F2O12S. The maximum absolute atomic E-state index is 13.5. The minimum Gasteiger partial charge on any atom is -0.459 e. The highest BCUT2D eigenvalue weighted by atomic mass is 32.2. The van der Waals surface area contributed by atoms with Gasteiger partial charge in [-0.15, -0.1) is 0 Å². The Balaban J connectivity index is 1.30. The third-order valence-electron chi connectivity index (χ3n) is 7.66. The molecule has 0 aromatic rings. The third kappa shape index (κ3) is 5.17. The van der Waals surface area contributed by atoms with E-state index < -0.39 is 94.1 Å². The summed E-state index contributed by atoms with van der Waals surface area (Å²) in [6.45, 7) is 0.611. The molecule has 7 atom stereocenters. The molecule has 0 aromatic carbocycles. The van der Waals surface area contributed by atoms with E-state index in [2.05, 4.69) is 4.74 Å². The van der Waals surface area contributed by atoms with Gasteiger partial charge in [-0.25, -0.2) is 9.59 Å². The van der Waals surface area contributed by atoms with Crippen molar-refractivity contribution in [2.75, 3.05) is 13.2 Å². The van der Waals surface area contributed by atoms with Gasteiger partial charge in [-0.3, -0.25) is 14.1 Å². The second-order valence-electron chi connectivity index (χ2n) is 10.2. The van der Waals surface area contributed by atoms with E-state index in [1.807, 2.05) is 6.92 Å². The molecule has 0 amide bonds. The van der Waals surface area contributed by atoms with Gasteiger partial charge in [0.05, 0.1) is 11.8 Å². The number of carbonyl (C=O) groups excluding carboxylic acids is 4. The molecule has 12 nitrogen and oxygen atoms in total. The molecule has 4 aliphatic rings. The highest BCUT2D eigenvalue weighted by Gasteiger charge is 2.70. The Morgan fingerprint density at radius 2 is 1.78 bits per heavy atom. The van der Waals surface area contributed by atoms with Crippen molar-refractivity contribution in [3.05, 3.63) is 0 Å². The summed E-state index contributed by atoms with van der Waals surface area (Å²) in [7, 11) is -5.82. The SMILES string of the molecule is CC(OC(=O)COCC(=O)OC1C2CC3C1OC(=O)C3C2C(=O)OC1(C)CCCC1)C(F)(F)S(=O)(=O)O. The normalized spacial score (nSPS) is 32.6. The zero-order valence-electron chi connectivity index (χ0n) is 20.1. The highest BCUT2D eigenvalue weighted by Crippen LogP contribution is 2.59. The lowest BCUT2D eigenvalue weighted by atomic mass is 9.78. The van der Waals surface area contributed by atoms with E-state index in [0.717, 1.165) is 25.7 Å². The predicted molar refractivity (Wildman–Crippen MR) is 114 cm³/mol. The standard InChI is InChI=1S/C22H28F2O12S/c1-10(22(23,24)37(29,30)31)33-13(25)8-32-9-14(26)34-17-12-7-11-15(19(27)35-18(11)17)16(12)20(28)36-21(2)5-3-4-6-21/h10-12,15-18H,3-9H2,1-2H3,(H,29,30,31). The summed E-state index contributed by atoms with van der Waals surface area (Å²) in [5, 5.41) is -4.74. The van der Waals surface area contributed by atoms with E-state index >= 15 is 0 Å². The van der Waals surface area contributed by atoms with Gasteiger partial charge >= 0.3 is 39.2 Å². The van der Waals surface area contributed by atoms with Gasteiger partial charge in [-0.2, -0.15) is 17.2 Å². The topological polar surface area (TPSA) is 169 Å². The molecule has 15 heteroatoms. The van der Waals surface area contributed by atoms with Crippen molar-refractivity contribution in [3.8, 4) is 0 Å². The second kappa shape index (κ2) is 9.73. The zero-order chi connectivity index (χ0) is 27.3. The van der Waals surface area contributed by atoms with Crippen LogP contribution in [0.3, 0.4) is 0 Å². The van der Waals surface area contributed by atoms with Gasteiger partial charge in [0, 0.05) is 11.8 Å². The largest absolute Gasteiger partial charge is 0.459 e. The molecule has 7 unspecified atom stereocenters. The van der Waals surface area contributed by atoms with Crippen molar-refractivity contribution in [2.24, 2.45) is 23.7 Å². The van der Waals surface area contributed by atoms with E-state index in [1.54, 1.807) is 0 Å². The Morgan fingerprint density at radius 1 is 1.16 bits per heavy atom. The van der Waals surface area contributed by atoms with Crippen LogP contribution in [-0.2, 0) is 53.0 Å². The van der Waals surface area contributed by atoms with E-state index in [-0.39, 0.29) is 5.92 Å². The minimum atomic E-state index is -5.82. The van der Waals surface area contributed by atoms with Crippen LogP contribution < -0.4 is 0 Å². The number of rotatable bonds is 10. The molecule has 4 fully saturated rings. The van der Waals surface area contributed by atoms with Gasteiger partial charge < -0.3 is 23.7 Å². The van der Waals surface area contributed by atoms with Crippen LogP contribution in [0.15, 0.2) is 0 Å². The summed E-state index contributed by atoms with van der Waals surface area (Å²) in [6.07, 6.45) is -0.406. The molecule has 0 radical (unpaired) electrons. The first-order valence-electron chi connectivity index (χ1n) is 11.9. The molecule has 4 rings (SSSR count). The molecular weight excluding hydrogens is 526 g/mol. The summed E-state index contributed by atoms with van der Waals surface area (Å²) in [4.78, 5) is 49.6. The Bertz CT molecular complexity index is 1070. The lowest BCUT2D eigenvalue weighted by molar-refractivity contribution is -0.177. The van der Waals surface area contributed by atoms with Crippen molar-refractivity contribution >= 4 is 34.0 Å². The van der Waals surface area contributed by atoms with Crippen LogP contribution in [0.1, 0.15) is 46.0 Å². The zero-order valence-corrected chi connectivity index (χ0v) is 20.9. The smallest absolute Gasteiger partial charge is 0.405 e. The van der Waals surface area contributed by atoms with Crippen molar-refractivity contribution in [2.45, 2.75) is 75.1 Å². The van der Waals surface area contributed by atoms with E-state index in [9.17, 15) is 36.4 Å². The van der Waals surface area contributed by atoms with Gasteiger partial charge in [0.25, 0.3) is 0 Å². The average molecular weight is 555 g/mol. The second-order valence-corrected chi connectivity index (χ2v) is 11.7. The lowest BCUT2D eigenvalue weighted by Gasteiger charge is -2.33. The number of hydrogen-bond acceptors (Lipinski definition) is 11. The van der Waals surface area contributed by atoms with Crippen LogP contribution in [0.2, 0.25) is 0 Å². The van der Waals surface area contributed by atoms with Crippen LogP contribution in [0.5, 0.6) is 0 Å². The summed E-state index contributed by atoms with van der Waals surface area (Å²) < 4.78 is 82.5. The van der Waals surface area contributed by atoms with Crippen LogP contribution in [-0.4, -0.2) is 79.2 Å². The number of alkyl halides is 2. The Labute approximate surface area is 211 Å². The molecule has 37 heavy (non-hydrogen) atoms. The first-order valence-corrected chi connectivity index (χ1v) is 13.3. The Hall–Kier alpha value is -2.39. The lowest BCUT2D eigenvalue weighted by Crippen LogP contribution is -2.45. The first-order chi connectivity index (χ1) is 17.1. The van der Waals surface area contributed by atoms with Crippen molar-refractivity contribution in [1.82, 2.24) is 0 Å². The van der Waals surface area contributed by atoms with Gasteiger partial charge in [-0.1, -0.05) is 0 Å². The summed E-state index contributed by atoms with van der Waals surface area (Å²) in [5.41, 5.74) is -0.599. The molecule has 0 spiro atoms. The van der Waals surface area contributed by atoms with Crippen LogP contribution >= 0.6 is 0 Å². The summed E-state index contributed by atoms with van der Waals surface area (Å²) >= 11 is 0. The van der Waals surface area contributed by atoms with Gasteiger partial charge in [0.2, 0.25) is 0 Å². The number of hydrogen-bond donors (Lipinski definition) is 1. The van der Waals surface area contributed by atoms with Gasteiger partial charge in [-0.05, 0) is 46.0 Å². The Morgan fingerprint density at radius 3 is 2.41 bits per heavy atom. The quantitative estimate of drug-likeness (QED) is 0.231. The molecule has 3 saturated carbocycles. The van der Waals surface area contributed by atoms with E-state index in [4.69, 9.17) is 23.5 Å². The van der Waals surface area contributed by atoms with Gasteiger partial charge in [0.15, 0.2) is 6.10 Å². The number of esters is 4. The highest BCUT2D eigenvalue weighted by molar-refractivity contribution is 7.86. The number of carbonyl (C=O) groups is 4. The fourth-order valence-electron chi connectivity index (χ4n) is 5.92. The maximum Gasteiger partial charge on any atom is 0.405 e. The first kappa shape index (κ1) is 27.6. The van der Waals surface area contributed by atoms with E-state index in [0.29, 0.717) is 13.3 Å². The fraction of sp³-hybridized carbons (Fsp3) is 0.818. The van der Waals surface area contributed by atoms with Crippen LogP contribution in [0, 0.1) is 23.7 Å². The third-order valence-corrected chi connectivity index (χ3v) is 8.68. The van der Waals surface area contributed by atoms with Crippen LogP contribution in [0.25, 0.3) is 0 Å². The van der Waals surface area contributed by atoms with Crippen molar-refractivity contribution in [1.29, 1.82) is 0 Å². The number of ether oxygens (including phenoxy) is 5. The molecule has 208 valence electrons. The van der Waals surface area contributed by atoms with Crippen molar-refractivity contribution < 1.29 is 64.6 Å². The number of fused-ring (bicyclic) bond motifs is 1. The minimum absolute atomic E-state index is 0.300. The predicted octanol–water partition coefficient (Wildman–Crippen LogP) is 1.01. The summed E-state index contributed by atoms with van der Waals surface area (Å²) in [5.74, 6) is -5.70. The molecule has 0 aromatic heterocycles. The monoisotopic (exact) mass is 554 g/mol. The molecule has 3 aliphatic carbocycles. The average Bonchev–Trinajstić information content (AvgIpc) is 3.50. The van der Waals surface area contributed by atoms with E-state index in [1.165, 1.54) is 0 Å². The molecule has 2 bridgehead atoms. The molecule has 1 aliphatic heterocycles. The maximum atomic E-state index is 13.5. The van der Waals surface area contributed by atoms with Crippen LogP contribution in [0.4, 0.5) is 8.78 Å². The Kier molecular flexibility index (Phi) is 7.27. The summed E-state index contributed by atoms with van der Waals surface area (Å²) in [6, 6.07) is 0. The number of halogens is 2.